The number of carbonyl (C=O) groups is 1. The van der Waals surface area contributed by atoms with Gasteiger partial charge in [0.15, 0.2) is 11.6 Å². The van der Waals surface area contributed by atoms with E-state index in [2.05, 4.69) is 25.5 Å². The average molecular weight is 441 g/mol. The Bertz CT molecular complexity index is 1180. The summed E-state index contributed by atoms with van der Waals surface area (Å²) in [5.74, 6) is 2.82. The maximum Gasteiger partial charge on any atom is 0.229 e. The highest BCUT2D eigenvalue weighted by atomic mass is 16.5. The molecule has 0 radical (unpaired) electrons. The molecule has 1 atom stereocenters. The molecule has 166 valence electrons. The van der Waals surface area contributed by atoms with Gasteiger partial charge in [0.2, 0.25) is 5.91 Å². The SMILES string of the molecule is O=C(Nc1ccc(Oc2ccccc2)cc1)[C@H]1CCCN(c2ccc(-n3cccn3)nn2)C1. The molecular weight excluding hydrogens is 416 g/mol. The summed E-state index contributed by atoms with van der Waals surface area (Å²) in [4.78, 5) is 15.0. The van der Waals surface area contributed by atoms with E-state index in [1.54, 1.807) is 10.9 Å². The fourth-order valence-corrected chi connectivity index (χ4v) is 3.89. The van der Waals surface area contributed by atoms with Gasteiger partial charge in [-0.25, -0.2) is 4.68 Å². The normalized spacial score (nSPS) is 15.8. The smallest absolute Gasteiger partial charge is 0.229 e. The lowest BCUT2D eigenvalue weighted by atomic mass is 9.97. The fourth-order valence-electron chi connectivity index (χ4n) is 3.89. The van der Waals surface area contributed by atoms with Crippen LogP contribution in [0.5, 0.6) is 11.5 Å². The van der Waals surface area contributed by atoms with Crippen molar-refractivity contribution in [2.24, 2.45) is 5.92 Å². The van der Waals surface area contributed by atoms with Crippen LogP contribution in [-0.4, -0.2) is 39.0 Å². The lowest BCUT2D eigenvalue weighted by molar-refractivity contribution is -0.120. The number of hydrogen-bond donors (Lipinski definition) is 1. The molecule has 5 rings (SSSR count). The molecular formula is C25H24N6O2. The molecule has 1 aliphatic heterocycles. The van der Waals surface area contributed by atoms with E-state index in [0.717, 1.165) is 42.4 Å². The summed E-state index contributed by atoms with van der Waals surface area (Å²) < 4.78 is 7.48. The first-order valence-corrected chi connectivity index (χ1v) is 11.0. The molecule has 0 spiro atoms. The molecule has 1 saturated heterocycles. The quantitative estimate of drug-likeness (QED) is 0.481. The van der Waals surface area contributed by atoms with Gasteiger partial charge in [-0.05, 0) is 67.4 Å². The number of hydrogen-bond acceptors (Lipinski definition) is 6. The van der Waals surface area contributed by atoms with E-state index < -0.39 is 0 Å². The van der Waals surface area contributed by atoms with E-state index in [9.17, 15) is 4.79 Å². The molecule has 2 aromatic carbocycles. The van der Waals surface area contributed by atoms with Crippen LogP contribution in [0.15, 0.2) is 85.2 Å². The minimum Gasteiger partial charge on any atom is -0.457 e. The number of nitrogens with one attached hydrogen (secondary N) is 1. The van der Waals surface area contributed by atoms with Crippen molar-refractivity contribution in [3.63, 3.8) is 0 Å². The number of benzene rings is 2. The van der Waals surface area contributed by atoms with Gasteiger partial charge < -0.3 is 15.0 Å². The van der Waals surface area contributed by atoms with Crippen molar-refractivity contribution in [2.45, 2.75) is 12.8 Å². The molecule has 0 unspecified atom stereocenters. The molecule has 1 amide bonds. The summed E-state index contributed by atoms with van der Waals surface area (Å²) in [6.45, 7) is 1.46. The summed E-state index contributed by atoms with van der Waals surface area (Å²) >= 11 is 0. The number of nitrogens with zero attached hydrogens (tertiary/aromatic N) is 5. The summed E-state index contributed by atoms with van der Waals surface area (Å²) in [6.07, 6.45) is 5.29. The monoisotopic (exact) mass is 440 g/mol. The Balaban J connectivity index is 1.18. The number of carbonyl (C=O) groups excluding carboxylic acids is 1. The molecule has 8 heteroatoms. The topological polar surface area (TPSA) is 85.2 Å². The Kier molecular flexibility index (Phi) is 5.97. The van der Waals surface area contributed by atoms with Crippen LogP contribution < -0.4 is 15.0 Å². The number of anilines is 2. The Morgan fingerprint density at radius 3 is 2.39 bits per heavy atom. The van der Waals surface area contributed by atoms with Gasteiger partial charge >= 0.3 is 0 Å². The largest absolute Gasteiger partial charge is 0.457 e. The summed E-state index contributed by atoms with van der Waals surface area (Å²) in [5, 5.41) is 15.8. The Hall–Kier alpha value is -4.20. The molecule has 33 heavy (non-hydrogen) atoms. The Labute approximate surface area is 191 Å². The highest BCUT2D eigenvalue weighted by molar-refractivity contribution is 5.93. The van der Waals surface area contributed by atoms with Crippen molar-refractivity contribution < 1.29 is 9.53 Å². The zero-order valence-corrected chi connectivity index (χ0v) is 18.0. The number of amides is 1. The van der Waals surface area contributed by atoms with Gasteiger partial charge in [0.05, 0.1) is 5.92 Å². The van der Waals surface area contributed by atoms with Gasteiger partial charge in [0.1, 0.15) is 11.5 Å². The van der Waals surface area contributed by atoms with Crippen LogP contribution in [0.3, 0.4) is 0 Å². The molecule has 1 fully saturated rings. The lowest BCUT2D eigenvalue weighted by Crippen LogP contribution is -2.41. The average Bonchev–Trinajstić information content (AvgIpc) is 3.41. The highest BCUT2D eigenvalue weighted by Crippen LogP contribution is 2.25. The van der Waals surface area contributed by atoms with Crippen LogP contribution in [0.4, 0.5) is 11.5 Å². The summed E-state index contributed by atoms with van der Waals surface area (Å²) in [7, 11) is 0. The molecule has 2 aromatic heterocycles. The minimum atomic E-state index is -0.119. The zero-order chi connectivity index (χ0) is 22.5. The van der Waals surface area contributed by atoms with E-state index in [1.807, 2.05) is 79.0 Å². The second kappa shape index (κ2) is 9.52. The van der Waals surface area contributed by atoms with Crippen molar-refractivity contribution in [3.05, 3.63) is 85.2 Å². The van der Waals surface area contributed by atoms with E-state index in [-0.39, 0.29) is 11.8 Å². The Morgan fingerprint density at radius 2 is 1.67 bits per heavy atom. The third-order valence-corrected chi connectivity index (χ3v) is 5.59. The van der Waals surface area contributed by atoms with Gasteiger partial charge in [-0.1, -0.05) is 18.2 Å². The predicted molar refractivity (Wildman–Crippen MR) is 126 cm³/mol. The van der Waals surface area contributed by atoms with Crippen LogP contribution in [0.2, 0.25) is 0 Å². The van der Waals surface area contributed by atoms with Crippen molar-refractivity contribution >= 4 is 17.4 Å². The summed E-state index contributed by atoms with van der Waals surface area (Å²) in [6, 6.07) is 22.7. The number of rotatable bonds is 6. The molecule has 0 saturated carbocycles. The minimum absolute atomic E-state index is 0.0116. The van der Waals surface area contributed by atoms with Crippen LogP contribution in [0, 0.1) is 5.92 Å². The van der Waals surface area contributed by atoms with E-state index in [4.69, 9.17) is 4.74 Å². The molecule has 0 aliphatic carbocycles. The van der Waals surface area contributed by atoms with Gasteiger partial charge in [-0.3, -0.25) is 4.79 Å². The third kappa shape index (κ3) is 5.01. The van der Waals surface area contributed by atoms with Gasteiger partial charge in [-0.2, -0.15) is 5.10 Å². The lowest BCUT2D eigenvalue weighted by Gasteiger charge is -2.32. The van der Waals surface area contributed by atoms with Crippen molar-refractivity contribution in [1.82, 2.24) is 20.0 Å². The second-order valence-electron chi connectivity index (χ2n) is 7.91. The van der Waals surface area contributed by atoms with E-state index in [0.29, 0.717) is 12.4 Å². The Morgan fingerprint density at radius 1 is 0.909 bits per heavy atom. The first-order valence-electron chi connectivity index (χ1n) is 11.0. The van der Waals surface area contributed by atoms with E-state index >= 15 is 0 Å². The first kappa shape index (κ1) is 20.7. The number of ether oxygens (including phenoxy) is 1. The maximum absolute atomic E-state index is 12.9. The molecule has 0 bridgehead atoms. The highest BCUT2D eigenvalue weighted by Gasteiger charge is 2.27. The number of para-hydroxylation sites is 1. The number of piperidine rings is 1. The fraction of sp³-hybridized carbons (Fsp3) is 0.200. The maximum atomic E-state index is 12.9. The molecule has 1 N–H and O–H groups in total. The van der Waals surface area contributed by atoms with Crippen LogP contribution in [-0.2, 0) is 4.79 Å². The van der Waals surface area contributed by atoms with Crippen molar-refractivity contribution in [1.29, 1.82) is 0 Å². The number of aromatic nitrogens is 4. The summed E-state index contributed by atoms with van der Waals surface area (Å²) in [5.41, 5.74) is 0.751. The van der Waals surface area contributed by atoms with E-state index in [1.165, 1.54) is 0 Å². The van der Waals surface area contributed by atoms with Gasteiger partial charge in [0.25, 0.3) is 0 Å². The van der Waals surface area contributed by atoms with Crippen molar-refractivity contribution in [3.8, 4) is 17.3 Å². The van der Waals surface area contributed by atoms with Crippen molar-refractivity contribution in [2.75, 3.05) is 23.3 Å². The standard InChI is InChI=1S/C25H24N6O2/c32-25(27-20-9-11-22(12-10-20)33-21-7-2-1-3-8-21)19-6-4-16-30(18-19)23-13-14-24(29-28-23)31-17-5-15-26-31/h1-3,5,7-15,17,19H,4,6,16,18H2,(H,27,32)/t19-/m0/s1. The molecule has 3 heterocycles. The molecule has 8 nitrogen and oxygen atoms in total. The molecule has 1 aliphatic rings. The van der Waals surface area contributed by atoms with Crippen LogP contribution in [0.25, 0.3) is 5.82 Å². The predicted octanol–water partition coefficient (Wildman–Crippen LogP) is 4.31. The third-order valence-electron chi connectivity index (χ3n) is 5.59. The van der Waals surface area contributed by atoms with Gasteiger partial charge in [0, 0.05) is 31.2 Å². The zero-order valence-electron chi connectivity index (χ0n) is 18.0. The molecule has 4 aromatic rings. The second-order valence-corrected chi connectivity index (χ2v) is 7.91. The first-order chi connectivity index (χ1) is 16.2. The van der Waals surface area contributed by atoms with Crippen LogP contribution in [0.1, 0.15) is 12.8 Å². The van der Waals surface area contributed by atoms with Gasteiger partial charge in [-0.15, -0.1) is 10.2 Å². The van der Waals surface area contributed by atoms with Crippen LogP contribution >= 0.6 is 0 Å².